The molecule has 0 unspecified atom stereocenters. The summed E-state index contributed by atoms with van der Waals surface area (Å²) in [4.78, 5) is 11.8. The highest BCUT2D eigenvalue weighted by Crippen LogP contribution is 2.36. The Bertz CT molecular complexity index is 1020. The Kier molecular flexibility index (Phi) is 6.98. The van der Waals surface area contributed by atoms with E-state index in [0.29, 0.717) is 32.3 Å². The number of nitrogens with zero attached hydrogens (tertiary/aromatic N) is 2. The lowest BCUT2D eigenvalue weighted by Gasteiger charge is -2.13. The first kappa shape index (κ1) is 21.0. The summed E-state index contributed by atoms with van der Waals surface area (Å²) in [6.45, 7) is 0.145. The van der Waals surface area contributed by atoms with Crippen LogP contribution in [0.15, 0.2) is 47.7 Å². The number of hydrogen-bond acceptors (Lipinski definition) is 5. The van der Waals surface area contributed by atoms with Crippen LogP contribution >= 0.6 is 34.8 Å². The summed E-state index contributed by atoms with van der Waals surface area (Å²) in [6, 6.07) is 10.0. The van der Waals surface area contributed by atoms with Crippen LogP contribution in [-0.2, 0) is 6.61 Å². The van der Waals surface area contributed by atoms with Crippen LogP contribution in [-0.4, -0.2) is 29.4 Å². The molecule has 0 aliphatic carbocycles. The predicted molar refractivity (Wildman–Crippen MR) is 112 cm³/mol. The highest BCUT2D eigenvalue weighted by Gasteiger charge is 2.12. The molecule has 150 valence electrons. The number of H-pyrrole nitrogens is 1. The number of ether oxygens (including phenoxy) is 2. The van der Waals surface area contributed by atoms with Gasteiger partial charge in [0.05, 0.1) is 23.4 Å². The van der Waals surface area contributed by atoms with Gasteiger partial charge in [-0.15, -0.1) is 0 Å². The van der Waals surface area contributed by atoms with Crippen LogP contribution in [0.4, 0.5) is 0 Å². The normalized spacial score (nSPS) is 10.9. The average Bonchev–Trinajstić information content (AvgIpc) is 3.22. The van der Waals surface area contributed by atoms with Gasteiger partial charge < -0.3 is 9.47 Å². The van der Waals surface area contributed by atoms with Crippen molar-refractivity contribution in [2.24, 2.45) is 5.10 Å². The van der Waals surface area contributed by atoms with Crippen LogP contribution in [0.25, 0.3) is 0 Å². The van der Waals surface area contributed by atoms with Crippen molar-refractivity contribution in [1.29, 1.82) is 0 Å². The lowest BCUT2D eigenvalue weighted by atomic mass is 10.1. The van der Waals surface area contributed by atoms with Crippen LogP contribution in [0.3, 0.4) is 0 Å². The lowest BCUT2D eigenvalue weighted by molar-refractivity contribution is 0.0950. The topological polar surface area (TPSA) is 88.6 Å². The summed E-state index contributed by atoms with van der Waals surface area (Å²) in [7, 11) is 1.56. The number of methoxy groups -OCH3 is 1. The van der Waals surface area contributed by atoms with Crippen molar-refractivity contribution < 1.29 is 14.3 Å². The largest absolute Gasteiger partial charge is 0.496 e. The molecule has 7 nitrogen and oxygen atoms in total. The van der Waals surface area contributed by atoms with Crippen molar-refractivity contribution in [3.05, 3.63) is 74.5 Å². The second-order valence-corrected chi connectivity index (χ2v) is 6.98. The van der Waals surface area contributed by atoms with Crippen molar-refractivity contribution in [3.63, 3.8) is 0 Å². The molecule has 1 heterocycles. The van der Waals surface area contributed by atoms with Crippen molar-refractivity contribution >= 4 is 46.9 Å². The lowest BCUT2D eigenvalue weighted by Crippen LogP contribution is -2.18. The molecular formula is C19H15Cl3N4O3. The second-order valence-electron chi connectivity index (χ2n) is 5.73. The third-order valence-corrected chi connectivity index (χ3v) is 4.54. The molecule has 0 fully saturated rings. The Morgan fingerprint density at radius 1 is 1.21 bits per heavy atom. The highest BCUT2D eigenvalue weighted by atomic mass is 35.5. The van der Waals surface area contributed by atoms with E-state index in [1.807, 2.05) is 6.07 Å². The smallest absolute Gasteiger partial charge is 0.289 e. The van der Waals surface area contributed by atoms with Crippen LogP contribution in [0.2, 0.25) is 15.1 Å². The molecule has 0 aliphatic heterocycles. The van der Waals surface area contributed by atoms with Crippen LogP contribution in [0, 0.1) is 0 Å². The van der Waals surface area contributed by atoms with Gasteiger partial charge in [0.25, 0.3) is 5.91 Å². The second kappa shape index (κ2) is 9.65. The summed E-state index contributed by atoms with van der Waals surface area (Å²) in [6.07, 6.45) is 2.98. The minimum absolute atomic E-state index is 0.145. The van der Waals surface area contributed by atoms with Gasteiger partial charge in [-0.3, -0.25) is 9.89 Å². The van der Waals surface area contributed by atoms with E-state index in [1.165, 1.54) is 12.4 Å². The third-order valence-electron chi connectivity index (χ3n) is 3.76. The molecule has 0 saturated carbocycles. The molecule has 0 spiro atoms. The highest BCUT2D eigenvalue weighted by molar-refractivity contribution is 6.40. The van der Waals surface area contributed by atoms with Crippen LogP contribution in [0.1, 0.15) is 21.6 Å². The molecule has 0 radical (unpaired) electrons. The number of amides is 1. The molecule has 0 atom stereocenters. The standard InChI is InChI=1S/C19H15Cl3N4O3/c1-28-17-3-2-11(9-24-26-19(27)16-4-5-23-25-16)6-12(17)10-29-18-14(21)7-13(20)8-15(18)22/h2-9H,10H2,1H3,(H,23,25)(H,26,27)/b24-9+. The minimum atomic E-state index is -0.400. The van der Waals surface area contributed by atoms with Gasteiger partial charge in [0.1, 0.15) is 18.1 Å². The van der Waals surface area contributed by atoms with Crippen molar-refractivity contribution in [2.45, 2.75) is 6.61 Å². The van der Waals surface area contributed by atoms with Gasteiger partial charge in [0.2, 0.25) is 0 Å². The predicted octanol–water partition coefficient (Wildman–Crippen LogP) is 4.72. The Labute approximate surface area is 181 Å². The number of hydrogen-bond donors (Lipinski definition) is 2. The van der Waals surface area contributed by atoms with Gasteiger partial charge in [-0.05, 0) is 42.0 Å². The fraction of sp³-hybridized carbons (Fsp3) is 0.105. The average molecular weight is 454 g/mol. The Morgan fingerprint density at radius 3 is 2.62 bits per heavy atom. The van der Waals surface area contributed by atoms with Gasteiger partial charge in [0.15, 0.2) is 5.75 Å². The molecule has 29 heavy (non-hydrogen) atoms. The molecule has 3 aromatic rings. The number of carbonyl (C=O) groups is 1. The number of rotatable bonds is 7. The number of halogens is 3. The maximum absolute atomic E-state index is 11.8. The monoisotopic (exact) mass is 452 g/mol. The first-order valence-electron chi connectivity index (χ1n) is 8.25. The van der Waals surface area contributed by atoms with E-state index in [-0.39, 0.29) is 6.61 Å². The molecule has 2 aromatic carbocycles. The van der Waals surface area contributed by atoms with E-state index in [9.17, 15) is 4.79 Å². The zero-order valence-electron chi connectivity index (χ0n) is 15.1. The summed E-state index contributed by atoms with van der Waals surface area (Å²) >= 11 is 18.2. The molecule has 1 amide bonds. The van der Waals surface area contributed by atoms with E-state index in [4.69, 9.17) is 44.3 Å². The Balaban J connectivity index is 1.72. The van der Waals surface area contributed by atoms with Crippen LogP contribution in [0.5, 0.6) is 11.5 Å². The number of benzene rings is 2. The third kappa shape index (κ3) is 5.41. The van der Waals surface area contributed by atoms with E-state index >= 15 is 0 Å². The SMILES string of the molecule is COc1ccc(/C=N/NC(=O)c2ccn[nH]2)cc1COc1c(Cl)cc(Cl)cc1Cl. The maximum Gasteiger partial charge on any atom is 0.289 e. The van der Waals surface area contributed by atoms with Crippen molar-refractivity contribution in [1.82, 2.24) is 15.6 Å². The molecule has 1 aromatic heterocycles. The van der Waals surface area contributed by atoms with E-state index in [1.54, 1.807) is 37.4 Å². The van der Waals surface area contributed by atoms with E-state index in [2.05, 4.69) is 20.7 Å². The van der Waals surface area contributed by atoms with Gasteiger partial charge >= 0.3 is 0 Å². The number of hydrazone groups is 1. The minimum Gasteiger partial charge on any atom is -0.496 e. The number of aromatic nitrogens is 2. The molecule has 0 saturated heterocycles. The first-order valence-corrected chi connectivity index (χ1v) is 9.38. The molecule has 0 aliphatic rings. The molecular weight excluding hydrogens is 439 g/mol. The number of aromatic amines is 1. The van der Waals surface area contributed by atoms with Crippen molar-refractivity contribution in [2.75, 3.05) is 7.11 Å². The molecule has 2 N–H and O–H groups in total. The fourth-order valence-corrected chi connectivity index (χ4v) is 3.34. The zero-order chi connectivity index (χ0) is 20.8. The summed E-state index contributed by atoms with van der Waals surface area (Å²) in [5, 5.41) is 11.2. The number of nitrogens with one attached hydrogen (secondary N) is 2. The summed E-state index contributed by atoms with van der Waals surface area (Å²) in [5.74, 6) is 0.540. The van der Waals surface area contributed by atoms with E-state index < -0.39 is 5.91 Å². The maximum atomic E-state index is 11.8. The Morgan fingerprint density at radius 2 is 1.97 bits per heavy atom. The van der Waals surface area contributed by atoms with Crippen molar-refractivity contribution in [3.8, 4) is 11.5 Å². The van der Waals surface area contributed by atoms with E-state index in [0.717, 1.165) is 11.1 Å². The Hall–Kier alpha value is -2.74. The molecule has 0 bridgehead atoms. The zero-order valence-corrected chi connectivity index (χ0v) is 17.3. The summed E-state index contributed by atoms with van der Waals surface area (Å²) in [5.41, 5.74) is 4.18. The fourth-order valence-electron chi connectivity index (χ4n) is 2.42. The molecule has 3 rings (SSSR count). The van der Waals surface area contributed by atoms with Gasteiger partial charge in [-0.25, -0.2) is 5.43 Å². The quantitative estimate of drug-likeness (QED) is 0.400. The van der Waals surface area contributed by atoms with Gasteiger partial charge in [0, 0.05) is 16.8 Å². The van der Waals surface area contributed by atoms with Gasteiger partial charge in [-0.2, -0.15) is 10.2 Å². The molecule has 10 heteroatoms. The van der Waals surface area contributed by atoms with Gasteiger partial charge in [-0.1, -0.05) is 34.8 Å². The first-order chi connectivity index (χ1) is 14.0. The number of carbonyl (C=O) groups excluding carboxylic acids is 1. The van der Waals surface area contributed by atoms with Crippen LogP contribution < -0.4 is 14.9 Å². The summed E-state index contributed by atoms with van der Waals surface area (Å²) < 4.78 is 11.1.